The molecule has 0 unspecified atom stereocenters. The molecule has 7 heteroatoms. The molecule has 0 atom stereocenters. The fourth-order valence-corrected chi connectivity index (χ4v) is 3.45. The number of nitrogens with zero attached hydrogens (tertiary/aromatic N) is 2. The van der Waals surface area contributed by atoms with Crippen LogP contribution in [0.25, 0.3) is 0 Å². The second-order valence-electron chi connectivity index (χ2n) is 7.38. The van der Waals surface area contributed by atoms with Gasteiger partial charge in [-0.3, -0.25) is 14.3 Å². The van der Waals surface area contributed by atoms with Gasteiger partial charge in [0.1, 0.15) is 5.75 Å². The lowest BCUT2D eigenvalue weighted by Gasteiger charge is -2.13. The number of methoxy groups -OCH3 is 1. The molecule has 33 heavy (non-hydrogen) atoms. The molecule has 4 aromatic rings. The summed E-state index contributed by atoms with van der Waals surface area (Å²) >= 11 is 0. The zero-order valence-electron chi connectivity index (χ0n) is 18.2. The van der Waals surface area contributed by atoms with Crippen LogP contribution in [0.15, 0.2) is 91.3 Å². The van der Waals surface area contributed by atoms with Gasteiger partial charge in [-0.2, -0.15) is 5.10 Å². The van der Waals surface area contributed by atoms with Crippen LogP contribution in [0.2, 0.25) is 0 Å². The topological polar surface area (TPSA) is 85.2 Å². The Morgan fingerprint density at radius 1 is 0.879 bits per heavy atom. The molecule has 0 saturated heterocycles. The first-order valence-electron chi connectivity index (χ1n) is 10.5. The van der Waals surface area contributed by atoms with Crippen molar-refractivity contribution in [2.75, 3.05) is 12.4 Å². The Balaban J connectivity index is 1.45. The second-order valence-corrected chi connectivity index (χ2v) is 7.38. The van der Waals surface area contributed by atoms with Crippen molar-refractivity contribution in [3.63, 3.8) is 0 Å². The van der Waals surface area contributed by atoms with Crippen molar-refractivity contribution in [1.29, 1.82) is 0 Å². The summed E-state index contributed by atoms with van der Waals surface area (Å²) in [5.41, 5.74) is 3.38. The summed E-state index contributed by atoms with van der Waals surface area (Å²) in [5, 5.41) is 10.1. The van der Waals surface area contributed by atoms with E-state index in [2.05, 4.69) is 15.7 Å². The highest BCUT2D eigenvalue weighted by Crippen LogP contribution is 2.18. The SMILES string of the molecule is COc1ccc(C(=O)Nc2ccccc2C(=O)NCc2ccccc2Cn2cccn2)cc1. The molecule has 4 rings (SSSR count). The van der Waals surface area contributed by atoms with E-state index < -0.39 is 0 Å². The first-order chi connectivity index (χ1) is 16.1. The van der Waals surface area contributed by atoms with Crippen molar-refractivity contribution in [1.82, 2.24) is 15.1 Å². The van der Waals surface area contributed by atoms with Gasteiger partial charge >= 0.3 is 0 Å². The van der Waals surface area contributed by atoms with Gasteiger partial charge in [-0.05, 0) is 53.6 Å². The Labute approximate surface area is 192 Å². The number of carbonyl (C=O) groups excluding carboxylic acids is 2. The molecule has 1 heterocycles. The molecule has 0 saturated carbocycles. The van der Waals surface area contributed by atoms with Gasteiger partial charge in [0, 0.05) is 24.5 Å². The van der Waals surface area contributed by atoms with Gasteiger partial charge in [0.25, 0.3) is 11.8 Å². The fraction of sp³-hybridized carbons (Fsp3) is 0.115. The molecule has 2 amide bonds. The molecule has 0 aliphatic carbocycles. The predicted octanol–water partition coefficient (Wildman–Crippen LogP) is 4.12. The van der Waals surface area contributed by atoms with E-state index in [1.54, 1.807) is 61.8 Å². The molecule has 0 radical (unpaired) electrons. The Bertz CT molecular complexity index is 1230. The molecule has 1 aromatic heterocycles. The summed E-state index contributed by atoms with van der Waals surface area (Å²) in [6.45, 7) is 0.977. The van der Waals surface area contributed by atoms with Crippen molar-refractivity contribution in [3.8, 4) is 5.75 Å². The zero-order chi connectivity index (χ0) is 23.0. The van der Waals surface area contributed by atoms with Gasteiger partial charge in [0.15, 0.2) is 0 Å². The predicted molar refractivity (Wildman–Crippen MR) is 126 cm³/mol. The minimum atomic E-state index is -0.303. The van der Waals surface area contributed by atoms with Crippen LogP contribution in [0.3, 0.4) is 0 Å². The van der Waals surface area contributed by atoms with Gasteiger partial charge in [0.2, 0.25) is 0 Å². The number of ether oxygens (including phenoxy) is 1. The Morgan fingerprint density at radius 3 is 2.33 bits per heavy atom. The number of aromatic nitrogens is 2. The molecule has 7 nitrogen and oxygen atoms in total. The minimum absolute atomic E-state index is 0.269. The van der Waals surface area contributed by atoms with Crippen LogP contribution < -0.4 is 15.4 Å². The zero-order valence-corrected chi connectivity index (χ0v) is 18.2. The molecule has 166 valence electrons. The van der Waals surface area contributed by atoms with Crippen LogP contribution >= 0.6 is 0 Å². The monoisotopic (exact) mass is 440 g/mol. The van der Waals surface area contributed by atoms with Crippen LogP contribution in [0.1, 0.15) is 31.8 Å². The lowest BCUT2D eigenvalue weighted by molar-refractivity contribution is 0.0951. The highest BCUT2D eigenvalue weighted by Gasteiger charge is 2.15. The standard InChI is InChI=1S/C26H24N4O3/c1-33-22-13-11-19(12-14-22)25(31)29-24-10-5-4-9-23(24)26(32)27-17-20-7-2-3-8-21(20)18-30-16-6-15-28-30/h2-16H,17-18H2,1H3,(H,27,32)(H,29,31). The maximum absolute atomic E-state index is 13.0. The number of anilines is 1. The summed E-state index contributed by atoms with van der Waals surface area (Å²) in [5.74, 6) is 0.0937. The number of para-hydroxylation sites is 1. The molecule has 0 spiro atoms. The van der Waals surface area contributed by atoms with Gasteiger partial charge in [-0.1, -0.05) is 36.4 Å². The molecular formula is C26H24N4O3. The highest BCUT2D eigenvalue weighted by molar-refractivity contribution is 6.09. The molecule has 0 aliphatic heterocycles. The number of nitrogens with one attached hydrogen (secondary N) is 2. The van der Waals surface area contributed by atoms with Crippen molar-refractivity contribution >= 4 is 17.5 Å². The highest BCUT2D eigenvalue weighted by atomic mass is 16.5. The average molecular weight is 441 g/mol. The third-order valence-corrected chi connectivity index (χ3v) is 5.22. The summed E-state index contributed by atoms with van der Waals surface area (Å²) in [6.07, 6.45) is 3.64. The largest absolute Gasteiger partial charge is 0.497 e. The minimum Gasteiger partial charge on any atom is -0.497 e. The summed E-state index contributed by atoms with van der Waals surface area (Å²) in [7, 11) is 1.57. The summed E-state index contributed by atoms with van der Waals surface area (Å²) in [4.78, 5) is 25.6. The third-order valence-electron chi connectivity index (χ3n) is 5.22. The van der Waals surface area contributed by atoms with Crippen LogP contribution in [0, 0.1) is 0 Å². The maximum Gasteiger partial charge on any atom is 0.255 e. The maximum atomic E-state index is 13.0. The Kier molecular flexibility index (Phi) is 6.80. The lowest BCUT2D eigenvalue weighted by atomic mass is 10.1. The number of carbonyl (C=O) groups is 2. The Morgan fingerprint density at radius 2 is 1.61 bits per heavy atom. The molecule has 2 N–H and O–H groups in total. The molecule has 0 bridgehead atoms. The van der Waals surface area contributed by atoms with E-state index in [1.165, 1.54) is 0 Å². The third kappa shape index (κ3) is 5.46. The van der Waals surface area contributed by atoms with E-state index in [9.17, 15) is 9.59 Å². The molecular weight excluding hydrogens is 416 g/mol. The van der Waals surface area contributed by atoms with Crippen molar-refractivity contribution in [2.24, 2.45) is 0 Å². The average Bonchev–Trinajstić information content (AvgIpc) is 3.37. The number of benzene rings is 3. The van der Waals surface area contributed by atoms with Crippen molar-refractivity contribution in [3.05, 3.63) is 114 Å². The molecule has 0 aliphatic rings. The number of hydrogen-bond donors (Lipinski definition) is 2. The fourth-order valence-electron chi connectivity index (χ4n) is 3.45. The van der Waals surface area contributed by atoms with Gasteiger partial charge in [-0.15, -0.1) is 0 Å². The van der Waals surface area contributed by atoms with E-state index in [0.717, 1.165) is 11.1 Å². The smallest absolute Gasteiger partial charge is 0.255 e. The van der Waals surface area contributed by atoms with Crippen LogP contribution in [-0.4, -0.2) is 28.7 Å². The Hall–Kier alpha value is -4.39. The van der Waals surface area contributed by atoms with Gasteiger partial charge < -0.3 is 15.4 Å². The van der Waals surface area contributed by atoms with Crippen LogP contribution in [0.5, 0.6) is 5.75 Å². The second kappa shape index (κ2) is 10.3. The van der Waals surface area contributed by atoms with Crippen molar-refractivity contribution < 1.29 is 14.3 Å². The van der Waals surface area contributed by atoms with Crippen LogP contribution in [-0.2, 0) is 13.1 Å². The van der Waals surface area contributed by atoms with E-state index in [4.69, 9.17) is 4.74 Å². The van der Waals surface area contributed by atoms with Gasteiger partial charge in [-0.25, -0.2) is 0 Å². The number of amides is 2. The van der Waals surface area contributed by atoms with E-state index >= 15 is 0 Å². The van der Waals surface area contributed by atoms with E-state index in [-0.39, 0.29) is 11.8 Å². The quantitative estimate of drug-likeness (QED) is 0.432. The first kappa shape index (κ1) is 21.8. The molecule has 0 fully saturated rings. The van der Waals surface area contributed by atoms with E-state index in [1.807, 2.05) is 41.2 Å². The molecule has 3 aromatic carbocycles. The van der Waals surface area contributed by atoms with Crippen molar-refractivity contribution in [2.45, 2.75) is 13.1 Å². The van der Waals surface area contributed by atoms with Crippen LogP contribution in [0.4, 0.5) is 5.69 Å². The number of hydrogen-bond acceptors (Lipinski definition) is 4. The normalized spacial score (nSPS) is 10.5. The summed E-state index contributed by atoms with van der Waals surface area (Å²) in [6, 6.07) is 23.5. The lowest BCUT2D eigenvalue weighted by Crippen LogP contribution is -2.25. The van der Waals surface area contributed by atoms with Gasteiger partial charge in [0.05, 0.1) is 24.9 Å². The summed E-state index contributed by atoms with van der Waals surface area (Å²) < 4.78 is 6.97. The van der Waals surface area contributed by atoms with E-state index in [0.29, 0.717) is 35.7 Å². The number of rotatable bonds is 8. The first-order valence-corrected chi connectivity index (χ1v) is 10.5.